The van der Waals surface area contributed by atoms with Crippen LogP contribution in [0, 0.1) is 16.0 Å². The predicted molar refractivity (Wildman–Crippen MR) is 81.6 cm³/mol. The Morgan fingerprint density at radius 1 is 1.33 bits per heavy atom. The molecule has 0 N–H and O–H groups in total. The van der Waals surface area contributed by atoms with Crippen LogP contribution in [0.5, 0.6) is 0 Å². The maximum absolute atomic E-state index is 12.6. The number of carbonyl (C=O) groups excluding carboxylic acids is 1. The minimum atomic E-state index is -0.541. The van der Waals surface area contributed by atoms with Crippen LogP contribution in [0.4, 0.5) is 5.69 Å². The fourth-order valence-electron chi connectivity index (χ4n) is 2.82. The van der Waals surface area contributed by atoms with Gasteiger partial charge in [0.05, 0.1) is 4.92 Å². The monoisotopic (exact) mass is 310 g/mol. The number of hydrogen-bond donors (Lipinski definition) is 0. The average Bonchev–Trinajstić information content (AvgIpc) is 2.46. The number of benzene rings is 1. The third kappa shape index (κ3) is 3.53. The molecule has 0 unspecified atom stereocenters. The van der Waals surface area contributed by atoms with E-state index in [0.717, 1.165) is 25.7 Å². The highest BCUT2D eigenvalue weighted by Crippen LogP contribution is 2.29. The van der Waals surface area contributed by atoms with Crippen molar-refractivity contribution in [3.05, 3.63) is 38.9 Å². The van der Waals surface area contributed by atoms with E-state index in [9.17, 15) is 14.9 Å². The summed E-state index contributed by atoms with van der Waals surface area (Å²) in [5, 5.41) is 11.4. The molecule has 1 aromatic carbocycles. The highest BCUT2D eigenvalue weighted by Gasteiger charge is 2.29. The van der Waals surface area contributed by atoms with Crippen LogP contribution >= 0.6 is 11.6 Å². The van der Waals surface area contributed by atoms with Gasteiger partial charge in [0.15, 0.2) is 0 Å². The van der Waals surface area contributed by atoms with Crippen molar-refractivity contribution < 1.29 is 9.72 Å². The fraction of sp³-hybridized carbons (Fsp3) is 0.533. The Labute approximate surface area is 129 Å². The molecule has 1 aliphatic carbocycles. The van der Waals surface area contributed by atoms with Gasteiger partial charge >= 0.3 is 0 Å². The molecule has 21 heavy (non-hydrogen) atoms. The molecule has 0 bridgehead atoms. The van der Waals surface area contributed by atoms with E-state index in [1.807, 2.05) is 0 Å². The van der Waals surface area contributed by atoms with E-state index in [-0.39, 0.29) is 23.2 Å². The smallest absolute Gasteiger partial charge is 0.282 e. The first kappa shape index (κ1) is 15.8. The van der Waals surface area contributed by atoms with Crippen molar-refractivity contribution in [1.82, 2.24) is 4.90 Å². The molecule has 0 spiro atoms. The summed E-state index contributed by atoms with van der Waals surface area (Å²) < 4.78 is 0. The molecule has 0 radical (unpaired) electrons. The van der Waals surface area contributed by atoms with Crippen LogP contribution in [0.25, 0.3) is 0 Å². The molecule has 5 nitrogen and oxygen atoms in total. The summed E-state index contributed by atoms with van der Waals surface area (Å²) in [6, 6.07) is 4.24. The lowest BCUT2D eigenvalue weighted by Gasteiger charge is -2.33. The van der Waals surface area contributed by atoms with Gasteiger partial charge in [-0.25, -0.2) is 0 Å². The minimum Gasteiger partial charge on any atom is -0.339 e. The summed E-state index contributed by atoms with van der Waals surface area (Å²) in [7, 11) is 1.72. The first-order valence-corrected chi connectivity index (χ1v) is 7.49. The molecule has 2 rings (SSSR count). The molecule has 0 atom stereocenters. The highest BCUT2D eigenvalue weighted by atomic mass is 35.5. The molecule has 1 aromatic rings. The average molecular weight is 311 g/mol. The summed E-state index contributed by atoms with van der Waals surface area (Å²) in [6.45, 7) is 2.21. The SMILES string of the molecule is CC1CCC(N(C)C(=O)c2cc(Cl)ccc2[N+](=O)[O-])CC1. The quantitative estimate of drug-likeness (QED) is 0.628. The summed E-state index contributed by atoms with van der Waals surface area (Å²) in [5.41, 5.74) is -0.131. The number of nitro benzene ring substituents is 1. The topological polar surface area (TPSA) is 63.5 Å². The molecular formula is C15H19ClN2O3. The van der Waals surface area contributed by atoms with E-state index in [2.05, 4.69) is 6.92 Å². The van der Waals surface area contributed by atoms with Crippen LogP contribution in [0.2, 0.25) is 5.02 Å². The van der Waals surface area contributed by atoms with Crippen molar-refractivity contribution >= 4 is 23.2 Å². The van der Waals surface area contributed by atoms with Gasteiger partial charge in [0.1, 0.15) is 5.56 Å². The van der Waals surface area contributed by atoms with Crippen LogP contribution in [-0.4, -0.2) is 28.8 Å². The minimum absolute atomic E-state index is 0.0635. The van der Waals surface area contributed by atoms with E-state index in [1.54, 1.807) is 11.9 Å². The summed E-state index contributed by atoms with van der Waals surface area (Å²) in [6.07, 6.45) is 4.05. The second-order valence-corrected chi connectivity index (χ2v) is 6.18. The third-order valence-electron chi connectivity index (χ3n) is 4.24. The molecule has 6 heteroatoms. The number of nitrogens with zero attached hydrogens (tertiary/aromatic N) is 2. The van der Waals surface area contributed by atoms with Crippen molar-refractivity contribution in [2.75, 3.05) is 7.05 Å². The van der Waals surface area contributed by atoms with Crippen molar-refractivity contribution in [2.24, 2.45) is 5.92 Å². The van der Waals surface area contributed by atoms with Crippen molar-refractivity contribution in [2.45, 2.75) is 38.6 Å². The van der Waals surface area contributed by atoms with Crippen LogP contribution in [0.3, 0.4) is 0 Å². The van der Waals surface area contributed by atoms with Gasteiger partial charge in [-0.05, 0) is 43.7 Å². The number of rotatable bonds is 3. The predicted octanol–water partition coefficient (Wildman–Crippen LogP) is 3.90. The van der Waals surface area contributed by atoms with Gasteiger partial charge in [-0.15, -0.1) is 0 Å². The van der Waals surface area contributed by atoms with Crippen molar-refractivity contribution in [1.29, 1.82) is 0 Å². The zero-order valence-electron chi connectivity index (χ0n) is 12.2. The van der Waals surface area contributed by atoms with Crippen molar-refractivity contribution in [3.63, 3.8) is 0 Å². The van der Waals surface area contributed by atoms with Gasteiger partial charge in [-0.3, -0.25) is 14.9 Å². The zero-order chi connectivity index (χ0) is 15.6. The van der Waals surface area contributed by atoms with E-state index in [4.69, 9.17) is 11.6 Å². The van der Waals surface area contributed by atoms with Crippen LogP contribution in [0.15, 0.2) is 18.2 Å². The van der Waals surface area contributed by atoms with E-state index in [0.29, 0.717) is 10.9 Å². The molecule has 0 aliphatic heterocycles. The van der Waals surface area contributed by atoms with Crippen LogP contribution in [-0.2, 0) is 0 Å². The number of carbonyl (C=O) groups is 1. The van der Waals surface area contributed by atoms with Gasteiger partial charge in [-0.1, -0.05) is 18.5 Å². The fourth-order valence-corrected chi connectivity index (χ4v) is 3.00. The number of amides is 1. The van der Waals surface area contributed by atoms with Gasteiger partial charge in [0, 0.05) is 24.2 Å². The summed E-state index contributed by atoms with van der Waals surface area (Å²) in [5.74, 6) is 0.356. The van der Waals surface area contributed by atoms with Gasteiger partial charge < -0.3 is 4.90 Å². The zero-order valence-corrected chi connectivity index (χ0v) is 13.0. The Bertz CT molecular complexity index is 554. The highest BCUT2D eigenvalue weighted by molar-refractivity contribution is 6.31. The summed E-state index contributed by atoms with van der Waals surface area (Å²) >= 11 is 5.88. The summed E-state index contributed by atoms with van der Waals surface area (Å²) in [4.78, 5) is 24.7. The van der Waals surface area contributed by atoms with Gasteiger partial charge in [0.2, 0.25) is 0 Å². The third-order valence-corrected chi connectivity index (χ3v) is 4.47. The Morgan fingerprint density at radius 3 is 2.52 bits per heavy atom. The first-order chi connectivity index (χ1) is 9.90. The lowest BCUT2D eigenvalue weighted by Crippen LogP contribution is -2.39. The Balaban J connectivity index is 2.23. The normalized spacial score (nSPS) is 21.9. The standard InChI is InChI=1S/C15H19ClN2O3/c1-10-3-6-12(7-4-10)17(2)15(19)13-9-11(16)5-8-14(13)18(20)21/h5,8-10,12H,3-4,6-7H2,1-2H3. The lowest BCUT2D eigenvalue weighted by atomic mass is 9.86. The molecule has 1 amide bonds. The van der Waals surface area contributed by atoms with Crippen LogP contribution in [0.1, 0.15) is 43.0 Å². The van der Waals surface area contributed by atoms with Crippen molar-refractivity contribution in [3.8, 4) is 0 Å². The van der Waals surface area contributed by atoms with E-state index >= 15 is 0 Å². The molecular weight excluding hydrogens is 292 g/mol. The maximum Gasteiger partial charge on any atom is 0.282 e. The largest absolute Gasteiger partial charge is 0.339 e. The Hall–Kier alpha value is -1.62. The second kappa shape index (κ2) is 6.43. The molecule has 114 valence electrons. The Kier molecular flexibility index (Phi) is 4.83. The van der Waals surface area contributed by atoms with Gasteiger partial charge in [-0.2, -0.15) is 0 Å². The Morgan fingerprint density at radius 2 is 1.95 bits per heavy atom. The molecule has 1 saturated carbocycles. The maximum atomic E-state index is 12.6. The molecule has 0 aromatic heterocycles. The van der Waals surface area contributed by atoms with E-state index < -0.39 is 4.92 Å². The molecule has 1 fully saturated rings. The molecule has 1 aliphatic rings. The number of hydrogen-bond acceptors (Lipinski definition) is 3. The second-order valence-electron chi connectivity index (χ2n) is 5.75. The van der Waals surface area contributed by atoms with E-state index in [1.165, 1.54) is 18.2 Å². The molecule has 0 saturated heterocycles. The molecule has 0 heterocycles. The van der Waals surface area contributed by atoms with Crippen LogP contribution < -0.4 is 0 Å². The number of nitro groups is 1. The number of halogens is 1. The van der Waals surface area contributed by atoms with Gasteiger partial charge in [0.25, 0.3) is 11.6 Å². The lowest BCUT2D eigenvalue weighted by molar-refractivity contribution is -0.385. The first-order valence-electron chi connectivity index (χ1n) is 7.11.